The lowest BCUT2D eigenvalue weighted by atomic mass is 9.89. The van der Waals surface area contributed by atoms with E-state index < -0.39 is 0 Å². The molecule has 1 atom stereocenters. The summed E-state index contributed by atoms with van der Waals surface area (Å²) in [5.41, 5.74) is 2.58. The van der Waals surface area contributed by atoms with Crippen molar-refractivity contribution in [3.05, 3.63) is 36.0 Å². The van der Waals surface area contributed by atoms with E-state index in [0.29, 0.717) is 6.54 Å². The molecule has 3 heteroatoms. The largest absolute Gasteiger partial charge is 0.392 e. The van der Waals surface area contributed by atoms with Crippen LogP contribution in [-0.4, -0.2) is 22.7 Å². The maximum atomic E-state index is 9.96. The molecule has 0 spiro atoms. The zero-order chi connectivity index (χ0) is 13.9. The number of aliphatic hydroxyl groups is 1. The second-order valence-electron chi connectivity index (χ2n) is 6.41. The molecule has 0 aliphatic carbocycles. The van der Waals surface area contributed by atoms with Gasteiger partial charge in [-0.3, -0.25) is 0 Å². The molecule has 1 heterocycles. The fourth-order valence-electron chi connectivity index (χ4n) is 2.43. The van der Waals surface area contributed by atoms with Gasteiger partial charge < -0.3 is 15.4 Å². The summed E-state index contributed by atoms with van der Waals surface area (Å²) in [5.74, 6) is 0. The molecule has 0 aliphatic heterocycles. The Morgan fingerprint density at radius 3 is 2.74 bits per heavy atom. The maximum Gasteiger partial charge on any atom is 0.0669 e. The van der Waals surface area contributed by atoms with Crippen LogP contribution in [-0.2, 0) is 6.54 Å². The molecule has 104 valence electrons. The molecule has 3 N–H and O–H groups in total. The molecule has 0 bridgehead atoms. The fourth-order valence-corrected chi connectivity index (χ4v) is 2.43. The number of para-hydroxylation sites is 1. The lowest BCUT2D eigenvalue weighted by Gasteiger charge is -2.22. The van der Waals surface area contributed by atoms with E-state index in [-0.39, 0.29) is 11.5 Å². The van der Waals surface area contributed by atoms with Crippen LogP contribution < -0.4 is 5.32 Å². The Morgan fingerprint density at radius 1 is 1.26 bits per heavy atom. The lowest BCUT2D eigenvalue weighted by molar-refractivity contribution is 0.119. The third-order valence-electron chi connectivity index (χ3n) is 3.22. The van der Waals surface area contributed by atoms with Crippen LogP contribution >= 0.6 is 0 Å². The minimum Gasteiger partial charge on any atom is -0.392 e. The molecule has 1 unspecified atom stereocenters. The van der Waals surface area contributed by atoms with E-state index in [9.17, 15) is 5.11 Å². The van der Waals surface area contributed by atoms with E-state index >= 15 is 0 Å². The summed E-state index contributed by atoms with van der Waals surface area (Å²) < 4.78 is 0. The zero-order valence-electron chi connectivity index (χ0n) is 12.0. The highest BCUT2D eigenvalue weighted by molar-refractivity contribution is 5.82. The number of hydrogen-bond donors (Lipinski definition) is 3. The Labute approximate surface area is 115 Å². The highest BCUT2D eigenvalue weighted by Gasteiger charge is 2.16. The standard InChI is InChI=1S/C16H24N2O/c1-16(2,3)8-13(19)11-17-9-12-10-18-15-7-5-4-6-14(12)15/h4-7,10,13,17-19H,8-9,11H2,1-3H3. The number of aliphatic hydroxyl groups excluding tert-OH is 1. The molecule has 1 aromatic heterocycles. The Balaban J connectivity index is 1.86. The SMILES string of the molecule is CC(C)(C)CC(O)CNCc1c[nH]c2ccccc12. The van der Waals surface area contributed by atoms with E-state index in [4.69, 9.17) is 0 Å². The smallest absolute Gasteiger partial charge is 0.0669 e. The van der Waals surface area contributed by atoms with Gasteiger partial charge in [0.2, 0.25) is 0 Å². The highest BCUT2D eigenvalue weighted by atomic mass is 16.3. The average molecular weight is 260 g/mol. The van der Waals surface area contributed by atoms with E-state index in [2.05, 4.69) is 43.2 Å². The van der Waals surface area contributed by atoms with Crippen LogP contribution in [0.15, 0.2) is 30.5 Å². The fraction of sp³-hybridized carbons (Fsp3) is 0.500. The van der Waals surface area contributed by atoms with E-state index in [1.54, 1.807) is 0 Å². The number of aromatic amines is 1. The van der Waals surface area contributed by atoms with E-state index in [0.717, 1.165) is 18.5 Å². The Hall–Kier alpha value is -1.32. The van der Waals surface area contributed by atoms with Gasteiger partial charge in [0.25, 0.3) is 0 Å². The van der Waals surface area contributed by atoms with Crippen molar-refractivity contribution in [3.8, 4) is 0 Å². The van der Waals surface area contributed by atoms with Crippen LogP contribution in [0.25, 0.3) is 10.9 Å². The third kappa shape index (κ3) is 4.08. The minimum atomic E-state index is -0.287. The summed E-state index contributed by atoms with van der Waals surface area (Å²) >= 11 is 0. The molecule has 0 saturated carbocycles. The zero-order valence-corrected chi connectivity index (χ0v) is 12.0. The average Bonchev–Trinajstić information content (AvgIpc) is 2.70. The molecular weight excluding hydrogens is 236 g/mol. The third-order valence-corrected chi connectivity index (χ3v) is 3.22. The summed E-state index contributed by atoms with van der Waals surface area (Å²) in [6.45, 7) is 7.86. The Morgan fingerprint density at radius 2 is 2.00 bits per heavy atom. The Bertz CT molecular complexity index is 525. The number of hydrogen-bond acceptors (Lipinski definition) is 2. The molecular formula is C16H24N2O. The Kier molecular flexibility index (Phi) is 4.27. The molecule has 1 aromatic carbocycles. The molecule has 0 saturated heterocycles. The van der Waals surface area contributed by atoms with Gasteiger partial charge in [-0.25, -0.2) is 0 Å². The second-order valence-corrected chi connectivity index (χ2v) is 6.41. The van der Waals surface area contributed by atoms with Crippen molar-refractivity contribution in [2.75, 3.05) is 6.54 Å². The number of benzene rings is 1. The predicted octanol–water partition coefficient (Wildman–Crippen LogP) is 3.05. The van der Waals surface area contributed by atoms with Gasteiger partial charge in [-0.05, 0) is 23.5 Å². The van der Waals surface area contributed by atoms with Gasteiger partial charge in [0.05, 0.1) is 6.10 Å². The van der Waals surface area contributed by atoms with Gasteiger partial charge >= 0.3 is 0 Å². The summed E-state index contributed by atoms with van der Waals surface area (Å²) in [5, 5.41) is 14.5. The number of nitrogens with one attached hydrogen (secondary N) is 2. The van der Waals surface area contributed by atoms with Gasteiger partial charge in [-0.2, -0.15) is 0 Å². The van der Waals surface area contributed by atoms with E-state index in [1.807, 2.05) is 18.3 Å². The van der Waals surface area contributed by atoms with Crippen LogP contribution in [0, 0.1) is 5.41 Å². The van der Waals surface area contributed by atoms with Gasteiger partial charge in [-0.15, -0.1) is 0 Å². The molecule has 2 aromatic rings. The quantitative estimate of drug-likeness (QED) is 0.774. The van der Waals surface area contributed by atoms with Crippen LogP contribution in [0.5, 0.6) is 0 Å². The summed E-state index contributed by atoms with van der Waals surface area (Å²) in [6, 6.07) is 8.28. The maximum absolute atomic E-state index is 9.96. The topological polar surface area (TPSA) is 48.0 Å². The van der Waals surface area contributed by atoms with Crippen molar-refractivity contribution in [1.29, 1.82) is 0 Å². The lowest BCUT2D eigenvalue weighted by Crippen LogP contribution is -2.29. The number of H-pyrrole nitrogens is 1. The number of aromatic nitrogens is 1. The van der Waals surface area contributed by atoms with Crippen molar-refractivity contribution < 1.29 is 5.11 Å². The predicted molar refractivity (Wildman–Crippen MR) is 80.1 cm³/mol. The minimum absolute atomic E-state index is 0.169. The van der Waals surface area contributed by atoms with Gasteiger partial charge in [0.1, 0.15) is 0 Å². The number of rotatable bonds is 5. The first-order valence-corrected chi connectivity index (χ1v) is 6.89. The van der Waals surface area contributed by atoms with Gasteiger partial charge in [-0.1, -0.05) is 39.0 Å². The molecule has 2 rings (SSSR count). The van der Waals surface area contributed by atoms with Crippen molar-refractivity contribution in [2.24, 2.45) is 5.41 Å². The molecule has 0 amide bonds. The highest BCUT2D eigenvalue weighted by Crippen LogP contribution is 2.21. The molecule has 0 fully saturated rings. The summed E-state index contributed by atoms with van der Waals surface area (Å²) in [4.78, 5) is 3.26. The number of fused-ring (bicyclic) bond motifs is 1. The van der Waals surface area contributed by atoms with Crippen molar-refractivity contribution in [1.82, 2.24) is 10.3 Å². The monoisotopic (exact) mass is 260 g/mol. The first-order valence-electron chi connectivity index (χ1n) is 6.89. The van der Waals surface area contributed by atoms with Crippen LogP contribution in [0.2, 0.25) is 0 Å². The van der Waals surface area contributed by atoms with Crippen LogP contribution in [0.4, 0.5) is 0 Å². The molecule has 0 radical (unpaired) electrons. The van der Waals surface area contributed by atoms with Gasteiger partial charge in [0, 0.05) is 30.2 Å². The summed E-state index contributed by atoms with van der Waals surface area (Å²) in [6.07, 6.45) is 2.56. The second kappa shape index (κ2) is 5.76. The summed E-state index contributed by atoms with van der Waals surface area (Å²) in [7, 11) is 0. The molecule has 19 heavy (non-hydrogen) atoms. The van der Waals surface area contributed by atoms with E-state index in [1.165, 1.54) is 10.9 Å². The van der Waals surface area contributed by atoms with Crippen molar-refractivity contribution in [3.63, 3.8) is 0 Å². The molecule has 3 nitrogen and oxygen atoms in total. The first kappa shape index (κ1) is 14.1. The first-order chi connectivity index (χ1) is 8.96. The van der Waals surface area contributed by atoms with Crippen molar-refractivity contribution in [2.45, 2.75) is 39.8 Å². The normalized spacial score (nSPS) is 13.9. The van der Waals surface area contributed by atoms with Gasteiger partial charge in [0.15, 0.2) is 0 Å². The van der Waals surface area contributed by atoms with Crippen molar-refractivity contribution >= 4 is 10.9 Å². The van der Waals surface area contributed by atoms with Crippen LogP contribution in [0.3, 0.4) is 0 Å². The molecule has 0 aliphatic rings. The van der Waals surface area contributed by atoms with Crippen LogP contribution in [0.1, 0.15) is 32.8 Å².